The monoisotopic (exact) mass is 310 g/mol. The van der Waals surface area contributed by atoms with Crippen LogP contribution in [0.5, 0.6) is 5.75 Å². The average Bonchev–Trinajstić information content (AvgIpc) is 3.05. The SMILES string of the molecule is Clc1ccc(-n2ccc(-c3ccc4c(c3)CCCO4)n2)cc1. The van der Waals surface area contributed by atoms with Crippen LogP contribution in [-0.4, -0.2) is 16.4 Å². The number of halogens is 1. The van der Waals surface area contributed by atoms with E-state index in [1.165, 1.54) is 5.56 Å². The van der Waals surface area contributed by atoms with Crippen molar-refractivity contribution in [3.05, 3.63) is 65.3 Å². The van der Waals surface area contributed by atoms with Crippen LogP contribution in [0.1, 0.15) is 12.0 Å². The van der Waals surface area contributed by atoms with Gasteiger partial charge in [0, 0.05) is 16.8 Å². The fourth-order valence-electron chi connectivity index (χ4n) is 2.74. The second-order valence-electron chi connectivity index (χ2n) is 5.40. The van der Waals surface area contributed by atoms with E-state index in [9.17, 15) is 0 Å². The van der Waals surface area contributed by atoms with Crippen LogP contribution >= 0.6 is 11.6 Å². The van der Waals surface area contributed by atoms with E-state index in [-0.39, 0.29) is 0 Å². The fraction of sp³-hybridized carbons (Fsp3) is 0.167. The van der Waals surface area contributed by atoms with E-state index in [1.807, 2.05) is 47.3 Å². The zero-order valence-electron chi connectivity index (χ0n) is 12.0. The van der Waals surface area contributed by atoms with E-state index in [1.54, 1.807) is 0 Å². The zero-order chi connectivity index (χ0) is 14.9. The molecule has 110 valence electrons. The lowest BCUT2D eigenvalue weighted by atomic mass is 10.0. The third kappa shape index (κ3) is 2.48. The Morgan fingerprint density at radius 1 is 1.05 bits per heavy atom. The van der Waals surface area contributed by atoms with Crippen LogP contribution in [0.15, 0.2) is 54.7 Å². The molecular weight excluding hydrogens is 296 g/mol. The van der Waals surface area contributed by atoms with Crippen LogP contribution in [0.2, 0.25) is 5.02 Å². The lowest BCUT2D eigenvalue weighted by molar-refractivity contribution is 0.288. The molecule has 0 saturated carbocycles. The topological polar surface area (TPSA) is 27.1 Å². The van der Waals surface area contributed by atoms with Gasteiger partial charge in [-0.1, -0.05) is 11.6 Å². The second kappa shape index (κ2) is 5.50. The quantitative estimate of drug-likeness (QED) is 0.696. The Balaban J connectivity index is 1.68. The molecule has 0 radical (unpaired) electrons. The Morgan fingerprint density at radius 3 is 2.77 bits per heavy atom. The van der Waals surface area contributed by atoms with Crippen molar-refractivity contribution in [3.8, 4) is 22.7 Å². The van der Waals surface area contributed by atoms with Gasteiger partial charge < -0.3 is 4.74 Å². The summed E-state index contributed by atoms with van der Waals surface area (Å²) in [4.78, 5) is 0. The van der Waals surface area contributed by atoms with Crippen molar-refractivity contribution >= 4 is 11.6 Å². The molecule has 4 rings (SSSR count). The fourth-order valence-corrected chi connectivity index (χ4v) is 2.86. The van der Waals surface area contributed by atoms with E-state index < -0.39 is 0 Å². The second-order valence-corrected chi connectivity index (χ2v) is 5.83. The van der Waals surface area contributed by atoms with Crippen LogP contribution in [0.3, 0.4) is 0 Å². The zero-order valence-corrected chi connectivity index (χ0v) is 12.8. The average molecular weight is 311 g/mol. The van der Waals surface area contributed by atoms with Crippen LogP contribution < -0.4 is 4.74 Å². The molecule has 0 amide bonds. The van der Waals surface area contributed by atoms with E-state index in [0.29, 0.717) is 0 Å². The molecule has 22 heavy (non-hydrogen) atoms. The highest BCUT2D eigenvalue weighted by atomic mass is 35.5. The van der Waals surface area contributed by atoms with Crippen molar-refractivity contribution < 1.29 is 4.74 Å². The van der Waals surface area contributed by atoms with Crippen LogP contribution in [0, 0.1) is 0 Å². The van der Waals surface area contributed by atoms with E-state index >= 15 is 0 Å². The molecule has 0 saturated heterocycles. The van der Waals surface area contributed by atoms with Gasteiger partial charge in [-0.3, -0.25) is 0 Å². The number of benzene rings is 2. The van der Waals surface area contributed by atoms with Gasteiger partial charge in [0.25, 0.3) is 0 Å². The van der Waals surface area contributed by atoms with Crippen molar-refractivity contribution in [1.29, 1.82) is 0 Å². The summed E-state index contributed by atoms with van der Waals surface area (Å²) >= 11 is 5.93. The normalized spacial score (nSPS) is 13.5. The third-order valence-electron chi connectivity index (χ3n) is 3.88. The van der Waals surface area contributed by atoms with Crippen molar-refractivity contribution in [2.75, 3.05) is 6.61 Å². The van der Waals surface area contributed by atoms with Gasteiger partial charge in [-0.05, 0) is 66.9 Å². The van der Waals surface area contributed by atoms with Gasteiger partial charge in [-0.25, -0.2) is 4.68 Å². The molecule has 3 nitrogen and oxygen atoms in total. The minimum Gasteiger partial charge on any atom is -0.493 e. The molecule has 3 aromatic rings. The summed E-state index contributed by atoms with van der Waals surface area (Å²) in [7, 11) is 0. The van der Waals surface area contributed by atoms with Gasteiger partial charge in [0.15, 0.2) is 0 Å². The molecule has 0 aliphatic carbocycles. The van der Waals surface area contributed by atoms with Gasteiger partial charge in [-0.15, -0.1) is 0 Å². The summed E-state index contributed by atoms with van der Waals surface area (Å²) in [5.41, 5.74) is 4.35. The molecule has 0 fully saturated rings. The van der Waals surface area contributed by atoms with Crippen LogP contribution in [0.4, 0.5) is 0 Å². The maximum absolute atomic E-state index is 5.93. The molecular formula is C18H15ClN2O. The molecule has 4 heteroatoms. The van der Waals surface area contributed by atoms with Crippen molar-refractivity contribution in [1.82, 2.24) is 9.78 Å². The number of hydrogen-bond acceptors (Lipinski definition) is 2. The Hall–Kier alpha value is -2.26. The standard InChI is InChI=1S/C18H15ClN2O/c19-15-4-6-16(7-5-15)21-10-9-17(20-21)13-3-8-18-14(12-13)2-1-11-22-18/h3-10,12H,1-2,11H2. The minimum atomic E-state index is 0.728. The molecule has 1 aliphatic heterocycles. The first-order valence-electron chi connectivity index (χ1n) is 7.37. The van der Waals surface area contributed by atoms with Gasteiger partial charge in [0.2, 0.25) is 0 Å². The first-order valence-corrected chi connectivity index (χ1v) is 7.75. The van der Waals surface area contributed by atoms with Gasteiger partial charge >= 0.3 is 0 Å². The summed E-state index contributed by atoms with van der Waals surface area (Å²) in [6.45, 7) is 0.817. The van der Waals surface area contributed by atoms with Gasteiger partial charge in [0.1, 0.15) is 5.75 Å². The Morgan fingerprint density at radius 2 is 1.91 bits per heavy atom. The predicted molar refractivity (Wildman–Crippen MR) is 87.8 cm³/mol. The number of aryl methyl sites for hydroxylation is 1. The minimum absolute atomic E-state index is 0.728. The highest BCUT2D eigenvalue weighted by Crippen LogP contribution is 2.29. The Kier molecular flexibility index (Phi) is 3.35. The molecule has 0 unspecified atom stereocenters. The summed E-state index contributed by atoms with van der Waals surface area (Å²) in [6, 6.07) is 16.0. The Bertz CT molecular complexity index is 808. The van der Waals surface area contributed by atoms with Gasteiger partial charge in [0.05, 0.1) is 18.0 Å². The highest BCUT2D eigenvalue weighted by Gasteiger charge is 2.12. The number of rotatable bonds is 2. The van der Waals surface area contributed by atoms with Crippen molar-refractivity contribution in [3.63, 3.8) is 0 Å². The van der Waals surface area contributed by atoms with Gasteiger partial charge in [-0.2, -0.15) is 5.10 Å². The number of nitrogens with zero attached hydrogens (tertiary/aromatic N) is 2. The van der Waals surface area contributed by atoms with E-state index in [4.69, 9.17) is 16.3 Å². The molecule has 1 aliphatic rings. The number of fused-ring (bicyclic) bond motifs is 1. The van der Waals surface area contributed by atoms with Crippen molar-refractivity contribution in [2.24, 2.45) is 0 Å². The highest BCUT2D eigenvalue weighted by molar-refractivity contribution is 6.30. The molecule has 0 spiro atoms. The summed E-state index contributed by atoms with van der Waals surface area (Å²) in [5.74, 6) is 1.01. The lowest BCUT2D eigenvalue weighted by Crippen LogP contribution is -2.08. The molecule has 1 aromatic heterocycles. The van der Waals surface area contributed by atoms with Crippen molar-refractivity contribution in [2.45, 2.75) is 12.8 Å². The number of ether oxygens (including phenoxy) is 1. The maximum Gasteiger partial charge on any atom is 0.122 e. The third-order valence-corrected chi connectivity index (χ3v) is 4.14. The summed E-state index contributed by atoms with van der Waals surface area (Å²) in [5, 5.41) is 5.39. The molecule has 0 N–H and O–H groups in total. The first kappa shape index (κ1) is 13.4. The van der Waals surface area contributed by atoms with Crippen LogP contribution in [-0.2, 0) is 6.42 Å². The van der Waals surface area contributed by atoms with Crippen LogP contribution in [0.25, 0.3) is 16.9 Å². The maximum atomic E-state index is 5.93. The Labute approximate surface area is 134 Å². The summed E-state index contributed by atoms with van der Waals surface area (Å²) < 4.78 is 7.52. The molecule has 2 heterocycles. The van der Waals surface area contributed by atoms with E-state index in [0.717, 1.165) is 47.2 Å². The number of aromatic nitrogens is 2. The smallest absolute Gasteiger partial charge is 0.122 e. The molecule has 2 aromatic carbocycles. The molecule has 0 bridgehead atoms. The molecule has 0 atom stereocenters. The predicted octanol–water partition coefficient (Wildman–Crippen LogP) is 4.52. The lowest BCUT2D eigenvalue weighted by Gasteiger charge is -2.17. The first-order chi connectivity index (χ1) is 10.8. The van der Waals surface area contributed by atoms with E-state index in [2.05, 4.69) is 17.2 Å². The number of hydrogen-bond donors (Lipinski definition) is 0. The summed E-state index contributed by atoms with van der Waals surface area (Å²) in [6.07, 6.45) is 4.12. The largest absolute Gasteiger partial charge is 0.493 e.